The van der Waals surface area contributed by atoms with Crippen LogP contribution < -0.4 is 10.9 Å². The minimum atomic E-state index is -0.223. The van der Waals surface area contributed by atoms with Crippen molar-refractivity contribution in [2.75, 3.05) is 11.1 Å². The first-order valence-electron chi connectivity index (χ1n) is 8.53. The molecule has 0 bridgehead atoms. The SMILES string of the molecule is CCCCc1ccc(NC(=O)CSc2nnc3[nH]c(=O)cc(C)n23)cc1. The van der Waals surface area contributed by atoms with Gasteiger partial charge in [-0.2, -0.15) is 0 Å². The van der Waals surface area contributed by atoms with Crippen molar-refractivity contribution in [3.63, 3.8) is 0 Å². The van der Waals surface area contributed by atoms with Crippen LogP contribution in [0.15, 0.2) is 40.3 Å². The minimum Gasteiger partial charge on any atom is -0.325 e. The molecule has 2 aromatic heterocycles. The van der Waals surface area contributed by atoms with Gasteiger partial charge in [0.25, 0.3) is 5.56 Å². The molecule has 2 heterocycles. The summed E-state index contributed by atoms with van der Waals surface area (Å²) in [6, 6.07) is 9.42. The van der Waals surface area contributed by atoms with E-state index in [0.29, 0.717) is 10.9 Å². The van der Waals surface area contributed by atoms with Gasteiger partial charge in [0.15, 0.2) is 5.16 Å². The zero-order valence-electron chi connectivity index (χ0n) is 14.8. The predicted octanol–water partition coefficient (Wildman–Crippen LogP) is 2.80. The first-order valence-corrected chi connectivity index (χ1v) is 9.52. The number of H-pyrrole nitrogens is 1. The maximum atomic E-state index is 12.2. The first-order chi connectivity index (χ1) is 12.6. The number of amides is 1. The molecule has 0 aliphatic carbocycles. The van der Waals surface area contributed by atoms with E-state index in [1.54, 1.807) is 11.3 Å². The van der Waals surface area contributed by atoms with Crippen molar-refractivity contribution in [2.45, 2.75) is 38.3 Å². The van der Waals surface area contributed by atoms with Gasteiger partial charge in [0.2, 0.25) is 11.7 Å². The van der Waals surface area contributed by atoms with Crippen LogP contribution in [-0.4, -0.2) is 31.2 Å². The predicted molar refractivity (Wildman–Crippen MR) is 103 cm³/mol. The zero-order valence-corrected chi connectivity index (χ0v) is 15.6. The molecular formula is C18H21N5O2S. The van der Waals surface area contributed by atoms with Gasteiger partial charge in [0.05, 0.1) is 5.75 Å². The van der Waals surface area contributed by atoms with Crippen LogP contribution in [0.4, 0.5) is 5.69 Å². The van der Waals surface area contributed by atoms with E-state index in [9.17, 15) is 9.59 Å². The Morgan fingerprint density at radius 2 is 2.04 bits per heavy atom. The molecule has 0 radical (unpaired) electrons. The number of thioether (sulfide) groups is 1. The second-order valence-corrected chi connectivity index (χ2v) is 7.00. The molecule has 136 valence electrons. The summed E-state index contributed by atoms with van der Waals surface area (Å²) in [6.45, 7) is 3.97. The van der Waals surface area contributed by atoms with E-state index < -0.39 is 0 Å². The number of nitrogens with one attached hydrogen (secondary N) is 2. The average Bonchev–Trinajstić information content (AvgIpc) is 3.02. The molecular weight excluding hydrogens is 350 g/mol. The summed E-state index contributed by atoms with van der Waals surface area (Å²) >= 11 is 1.27. The van der Waals surface area contributed by atoms with Crippen LogP contribution in [0.1, 0.15) is 31.0 Å². The number of nitrogens with zero attached hydrogens (tertiary/aromatic N) is 3. The normalized spacial score (nSPS) is 11.0. The maximum Gasteiger partial charge on any atom is 0.252 e. The monoisotopic (exact) mass is 371 g/mol. The lowest BCUT2D eigenvalue weighted by Gasteiger charge is -2.06. The Morgan fingerprint density at radius 3 is 2.77 bits per heavy atom. The molecule has 8 heteroatoms. The molecule has 0 aliphatic rings. The van der Waals surface area contributed by atoms with Gasteiger partial charge in [-0.05, 0) is 37.5 Å². The number of aromatic amines is 1. The lowest BCUT2D eigenvalue weighted by molar-refractivity contribution is -0.113. The van der Waals surface area contributed by atoms with Crippen LogP contribution in [0.5, 0.6) is 0 Å². The van der Waals surface area contributed by atoms with E-state index in [1.807, 2.05) is 24.3 Å². The smallest absolute Gasteiger partial charge is 0.252 e. The number of carbonyl (C=O) groups is 1. The number of fused-ring (bicyclic) bond motifs is 1. The van der Waals surface area contributed by atoms with Crippen molar-refractivity contribution in [2.24, 2.45) is 0 Å². The molecule has 3 aromatic rings. The summed E-state index contributed by atoms with van der Waals surface area (Å²) in [5.74, 6) is 0.465. The molecule has 0 saturated heterocycles. The number of carbonyl (C=O) groups excluding carboxylic acids is 1. The van der Waals surface area contributed by atoms with E-state index in [4.69, 9.17) is 0 Å². The van der Waals surface area contributed by atoms with Crippen LogP contribution in [0.2, 0.25) is 0 Å². The van der Waals surface area contributed by atoms with E-state index in [-0.39, 0.29) is 17.2 Å². The summed E-state index contributed by atoms with van der Waals surface area (Å²) in [6.07, 6.45) is 3.39. The molecule has 0 spiro atoms. The van der Waals surface area contributed by atoms with Gasteiger partial charge in [-0.15, -0.1) is 10.2 Å². The lowest BCUT2D eigenvalue weighted by atomic mass is 10.1. The summed E-state index contributed by atoms with van der Waals surface area (Å²) < 4.78 is 1.72. The Kier molecular flexibility index (Phi) is 5.72. The summed E-state index contributed by atoms with van der Waals surface area (Å²) in [5.41, 5.74) is 2.56. The van der Waals surface area contributed by atoms with Gasteiger partial charge in [-0.1, -0.05) is 37.2 Å². The maximum absolute atomic E-state index is 12.2. The molecule has 3 rings (SSSR count). The van der Waals surface area contributed by atoms with Gasteiger partial charge < -0.3 is 5.32 Å². The molecule has 1 amide bonds. The van der Waals surface area contributed by atoms with Crippen LogP contribution in [0, 0.1) is 6.92 Å². The fourth-order valence-electron chi connectivity index (χ4n) is 2.63. The number of unbranched alkanes of at least 4 members (excludes halogenated alkanes) is 1. The molecule has 7 nitrogen and oxygen atoms in total. The summed E-state index contributed by atoms with van der Waals surface area (Å²) in [4.78, 5) is 26.3. The van der Waals surface area contributed by atoms with Gasteiger partial charge in [-0.25, -0.2) is 0 Å². The third-order valence-corrected chi connectivity index (χ3v) is 4.88. The van der Waals surface area contributed by atoms with Gasteiger partial charge in [0, 0.05) is 17.4 Å². The van der Waals surface area contributed by atoms with E-state index in [1.165, 1.54) is 36.2 Å². The second kappa shape index (κ2) is 8.18. The average molecular weight is 371 g/mol. The third kappa shape index (κ3) is 4.32. The molecule has 0 unspecified atom stereocenters. The topological polar surface area (TPSA) is 92.2 Å². The Balaban J connectivity index is 1.60. The Bertz CT molecular complexity index is 962. The highest BCUT2D eigenvalue weighted by molar-refractivity contribution is 7.99. The minimum absolute atomic E-state index is 0.116. The lowest BCUT2D eigenvalue weighted by Crippen LogP contribution is -2.14. The van der Waals surface area contributed by atoms with Crippen molar-refractivity contribution >= 4 is 29.1 Å². The largest absolute Gasteiger partial charge is 0.325 e. The van der Waals surface area contributed by atoms with Crippen LogP contribution in [0.3, 0.4) is 0 Å². The Labute approximate surface area is 155 Å². The zero-order chi connectivity index (χ0) is 18.5. The fourth-order valence-corrected chi connectivity index (χ4v) is 3.42. The molecule has 0 fully saturated rings. The first kappa shape index (κ1) is 18.2. The molecule has 26 heavy (non-hydrogen) atoms. The van der Waals surface area contributed by atoms with Gasteiger partial charge in [-0.3, -0.25) is 19.0 Å². The summed E-state index contributed by atoms with van der Waals surface area (Å²) in [5, 5.41) is 11.4. The second-order valence-electron chi connectivity index (χ2n) is 6.05. The standard InChI is InChI=1S/C18H21N5O2S/c1-3-4-5-13-6-8-14(9-7-13)19-16(25)11-26-18-22-21-17-20-15(24)10-12(2)23(17)18/h6-10H,3-5,11H2,1-2H3,(H,19,25)(H,20,21,24). The van der Waals surface area contributed by atoms with E-state index >= 15 is 0 Å². The highest BCUT2D eigenvalue weighted by Crippen LogP contribution is 2.18. The number of anilines is 1. The molecule has 1 aromatic carbocycles. The van der Waals surface area contributed by atoms with Crippen molar-refractivity contribution in [1.29, 1.82) is 0 Å². The highest BCUT2D eigenvalue weighted by atomic mass is 32.2. The van der Waals surface area contributed by atoms with Gasteiger partial charge in [0.1, 0.15) is 0 Å². The van der Waals surface area contributed by atoms with Crippen molar-refractivity contribution < 1.29 is 4.79 Å². The van der Waals surface area contributed by atoms with E-state index in [2.05, 4.69) is 27.4 Å². The number of benzene rings is 1. The number of rotatable bonds is 7. The third-order valence-electron chi connectivity index (χ3n) is 3.95. The van der Waals surface area contributed by atoms with Crippen LogP contribution >= 0.6 is 11.8 Å². The number of aryl methyl sites for hydroxylation is 2. The Morgan fingerprint density at radius 1 is 1.27 bits per heavy atom. The number of hydrogen-bond acceptors (Lipinski definition) is 5. The highest BCUT2D eigenvalue weighted by Gasteiger charge is 2.12. The molecule has 0 saturated carbocycles. The molecule has 0 atom stereocenters. The van der Waals surface area contributed by atoms with E-state index in [0.717, 1.165) is 17.8 Å². The summed E-state index contributed by atoms with van der Waals surface area (Å²) in [7, 11) is 0. The number of aromatic nitrogens is 4. The van der Waals surface area contributed by atoms with Crippen molar-refractivity contribution in [3.8, 4) is 0 Å². The molecule has 0 aliphatic heterocycles. The van der Waals surface area contributed by atoms with Gasteiger partial charge >= 0.3 is 0 Å². The van der Waals surface area contributed by atoms with Crippen LogP contribution in [0.25, 0.3) is 5.78 Å². The fraction of sp³-hybridized carbons (Fsp3) is 0.333. The molecule has 2 N–H and O–H groups in total. The number of hydrogen-bond donors (Lipinski definition) is 2. The van der Waals surface area contributed by atoms with Crippen molar-refractivity contribution in [1.82, 2.24) is 19.6 Å². The Hall–Kier alpha value is -2.61. The quantitative estimate of drug-likeness (QED) is 0.623. The van der Waals surface area contributed by atoms with Crippen molar-refractivity contribution in [3.05, 3.63) is 51.9 Å². The van der Waals surface area contributed by atoms with Crippen LogP contribution in [-0.2, 0) is 11.2 Å².